The number of aryl methyl sites for hydroxylation is 1. The number of fused-ring (bicyclic) bond motifs is 5. The van der Waals surface area contributed by atoms with Gasteiger partial charge in [-0.25, -0.2) is 0 Å². The van der Waals surface area contributed by atoms with Crippen LogP contribution in [0.25, 0.3) is 0 Å². The van der Waals surface area contributed by atoms with Gasteiger partial charge in [0.05, 0.1) is 0 Å². The van der Waals surface area contributed by atoms with Crippen LogP contribution in [0.4, 0.5) is 0 Å². The van der Waals surface area contributed by atoms with Crippen LogP contribution in [0.2, 0.25) is 0 Å². The number of benzene rings is 1. The average Bonchev–Trinajstić information content (AvgIpc) is 3.15. The molecule has 26 heavy (non-hydrogen) atoms. The van der Waals surface area contributed by atoms with Crippen LogP contribution in [0.15, 0.2) is 24.3 Å². The second-order valence-electron chi connectivity index (χ2n) is 6.97. The lowest BCUT2D eigenvalue weighted by Gasteiger charge is -2.45. The van der Waals surface area contributed by atoms with Crippen LogP contribution < -0.4 is 0 Å². The molecule has 152 valence electrons. The minimum absolute atomic E-state index is 0.904. The van der Waals surface area contributed by atoms with Crippen LogP contribution in [-0.2, 0) is 6.42 Å². The van der Waals surface area contributed by atoms with Crippen LogP contribution in [0.3, 0.4) is 0 Å². The van der Waals surface area contributed by atoms with Crippen molar-refractivity contribution in [2.75, 3.05) is 0 Å². The van der Waals surface area contributed by atoms with Gasteiger partial charge >= 0.3 is 0 Å². The fourth-order valence-corrected chi connectivity index (χ4v) is 5.47. The van der Waals surface area contributed by atoms with E-state index in [0.717, 1.165) is 29.6 Å². The lowest BCUT2D eigenvalue weighted by Crippen LogP contribution is -2.35. The summed E-state index contributed by atoms with van der Waals surface area (Å²) in [5.74, 6) is 5.06. The quantitative estimate of drug-likeness (QED) is 0.433. The van der Waals surface area contributed by atoms with Crippen molar-refractivity contribution in [2.45, 2.75) is 107 Å². The van der Waals surface area contributed by atoms with E-state index >= 15 is 0 Å². The van der Waals surface area contributed by atoms with Crippen molar-refractivity contribution in [2.24, 2.45) is 23.7 Å². The Bertz CT molecular complexity index is 447. The highest BCUT2D eigenvalue weighted by atomic mass is 14.5. The molecule has 3 aliphatic carbocycles. The molecule has 5 unspecified atom stereocenters. The molecular formula is C26H48. The van der Waals surface area contributed by atoms with Crippen molar-refractivity contribution in [1.82, 2.24) is 0 Å². The first-order chi connectivity index (χ1) is 12.8. The van der Waals surface area contributed by atoms with E-state index in [0.29, 0.717) is 0 Å². The molecule has 0 saturated heterocycles. The minimum Gasteiger partial charge on any atom is -0.0683 e. The number of hydrogen-bond acceptors (Lipinski definition) is 0. The Hall–Kier alpha value is -0.780. The second kappa shape index (κ2) is 14.3. The molecule has 0 heteroatoms. The topological polar surface area (TPSA) is 0 Å². The van der Waals surface area contributed by atoms with E-state index in [9.17, 15) is 0 Å². The Morgan fingerprint density at radius 2 is 1.19 bits per heavy atom. The Morgan fingerprint density at radius 1 is 0.615 bits per heavy atom. The molecule has 0 spiro atoms. The van der Waals surface area contributed by atoms with Gasteiger partial charge in [-0.2, -0.15) is 0 Å². The Balaban J connectivity index is 0.000000698. The zero-order chi connectivity index (χ0) is 20.1. The molecule has 1 aromatic rings. The molecule has 0 radical (unpaired) electrons. The summed E-state index contributed by atoms with van der Waals surface area (Å²) < 4.78 is 0. The van der Waals surface area contributed by atoms with Crippen molar-refractivity contribution >= 4 is 0 Å². The third kappa shape index (κ3) is 5.61. The van der Waals surface area contributed by atoms with Gasteiger partial charge in [0.2, 0.25) is 0 Å². The normalized spacial score (nSPS) is 30.0. The maximum absolute atomic E-state index is 2.50. The van der Waals surface area contributed by atoms with Crippen LogP contribution in [0, 0.1) is 23.7 Å². The van der Waals surface area contributed by atoms with Crippen molar-refractivity contribution < 1.29 is 0 Å². The van der Waals surface area contributed by atoms with Crippen molar-refractivity contribution in [3.63, 3.8) is 0 Å². The molecule has 0 bridgehead atoms. The highest BCUT2D eigenvalue weighted by Crippen LogP contribution is 2.56. The smallest absolute Gasteiger partial charge is 0.0128 e. The van der Waals surface area contributed by atoms with Gasteiger partial charge in [0.25, 0.3) is 0 Å². The molecule has 0 aromatic heterocycles. The molecule has 3 aliphatic rings. The lowest BCUT2D eigenvalue weighted by atomic mass is 9.60. The van der Waals surface area contributed by atoms with Gasteiger partial charge in [-0.05, 0) is 72.8 Å². The third-order valence-electron chi connectivity index (χ3n) is 6.32. The fourth-order valence-electron chi connectivity index (χ4n) is 5.47. The van der Waals surface area contributed by atoms with Gasteiger partial charge in [-0.1, -0.05) is 93.0 Å². The van der Waals surface area contributed by atoms with E-state index in [2.05, 4.69) is 31.2 Å². The summed E-state index contributed by atoms with van der Waals surface area (Å²) in [6.45, 7) is 18.5. The third-order valence-corrected chi connectivity index (χ3v) is 6.32. The van der Waals surface area contributed by atoms with Crippen molar-refractivity contribution in [3.8, 4) is 0 Å². The van der Waals surface area contributed by atoms with Gasteiger partial charge < -0.3 is 0 Å². The predicted molar refractivity (Wildman–Crippen MR) is 121 cm³/mol. The fraction of sp³-hybridized carbons (Fsp3) is 0.769. The molecule has 0 heterocycles. The summed E-state index contributed by atoms with van der Waals surface area (Å²) in [5, 5.41) is 0. The maximum Gasteiger partial charge on any atom is -0.0128 e. The summed E-state index contributed by atoms with van der Waals surface area (Å²) in [4.78, 5) is 0. The Morgan fingerprint density at radius 3 is 1.85 bits per heavy atom. The molecule has 2 saturated carbocycles. The summed E-state index contributed by atoms with van der Waals surface area (Å²) in [6, 6.07) is 9.27. The van der Waals surface area contributed by atoms with Gasteiger partial charge in [-0.3, -0.25) is 0 Å². The Kier molecular flexibility index (Phi) is 13.9. The highest BCUT2D eigenvalue weighted by Gasteiger charge is 2.46. The first-order valence-electron chi connectivity index (χ1n) is 11.9. The summed E-state index contributed by atoms with van der Waals surface area (Å²) in [7, 11) is 0. The van der Waals surface area contributed by atoms with E-state index < -0.39 is 0 Å². The summed E-state index contributed by atoms with van der Waals surface area (Å²) >= 11 is 0. The standard InChI is InChI=1S/C18H24.4C2H6/c1-12-6-8-16-14(12)10-11-17-15-5-3-2-4-13(15)7-9-18(16)17;4*1-2/h2-5,12,14,16-18H,6-11H2,1H3;4*1-2H3. The van der Waals surface area contributed by atoms with Crippen LogP contribution in [-0.4, -0.2) is 0 Å². The summed E-state index contributed by atoms with van der Waals surface area (Å²) in [5.41, 5.74) is 3.37. The van der Waals surface area contributed by atoms with E-state index in [1.54, 1.807) is 11.1 Å². The largest absolute Gasteiger partial charge is 0.0683 e. The molecule has 5 atom stereocenters. The van der Waals surface area contributed by atoms with E-state index in [1.807, 2.05) is 55.4 Å². The van der Waals surface area contributed by atoms with Crippen LogP contribution >= 0.6 is 0 Å². The van der Waals surface area contributed by atoms with E-state index in [-0.39, 0.29) is 0 Å². The monoisotopic (exact) mass is 360 g/mol. The second-order valence-corrected chi connectivity index (χ2v) is 6.97. The molecule has 0 aliphatic heterocycles. The van der Waals surface area contributed by atoms with Gasteiger partial charge in [0.15, 0.2) is 0 Å². The van der Waals surface area contributed by atoms with Crippen molar-refractivity contribution in [1.29, 1.82) is 0 Å². The minimum atomic E-state index is 0.904. The number of rotatable bonds is 0. The molecule has 0 amide bonds. The van der Waals surface area contributed by atoms with Gasteiger partial charge in [0.1, 0.15) is 0 Å². The van der Waals surface area contributed by atoms with Gasteiger partial charge in [0, 0.05) is 0 Å². The molecule has 1 aromatic carbocycles. The average molecular weight is 361 g/mol. The van der Waals surface area contributed by atoms with E-state index in [4.69, 9.17) is 0 Å². The molecule has 4 rings (SSSR count). The highest BCUT2D eigenvalue weighted by molar-refractivity contribution is 5.34. The first kappa shape index (κ1) is 25.2. The zero-order valence-corrected chi connectivity index (χ0v) is 19.4. The van der Waals surface area contributed by atoms with Crippen molar-refractivity contribution in [3.05, 3.63) is 35.4 Å². The van der Waals surface area contributed by atoms with Gasteiger partial charge in [-0.15, -0.1) is 0 Å². The Labute approximate surface area is 166 Å². The zero-order valence-electron chi connectivity index (χ0n) is 19.4. The summed E-state index contributed by atoms with van der Waals surface area (Å²) in [6.07, 6.45) is 8.80. The molecule has 2 fully saturated rings. The molecule has 0 nitrogen and oxygen atoms in total. The van der Waals surface area contributed by atoms with E-state index in [1.165, 1.54) is 38.5 Å². The lowest BCUT2D eigenvalue weighted by molar-refractivity contribution is 0.119. The van der Waals surface area contributed by atoms with Crippen LogP contribution in [0.1, 0.15) is 111 Å². The first-order valence-corrected chi connectivity index (χ1v) is 11.9. The molecular weight excluding hydrogens is 312 g/mol. The number of hydrogen-bond donors (Lipinski definition) is 0. The van der Waals surface area contributed by atoms with Crippen LogP contribution in [0.5, 0.6) is 0 Å². The SMILES string of the molecule is CC.CC.CC.CC.CC1CCC2C1CCC1c3ccccc3CCC12. The maximum atomic E-state index is 2.50. The predicted octanol–water partition coefficient (Wildman–Crippen LogP) is 8.89. The molecule has 0 N–H and O–H groups in total.